The van der Waals surface area contributed by atoms with Crippen LogP contribution in [0.4, 0.5) is 0 Å². The molecule has 0 bridgehead atoms. The predicted molar refractivity (Wildman–Crippen MR) is 126 cm³/mol. The Bertz CT molecular complexity index is 1290. The van der Waals surface area contributed by atoms with Crippen molar-refractivity contribution < 1.29 is 14.3 Å². The number of rotatable bonds is 6. The molecule has 0 saturated carbocycles. The van der Waals surface area contributed by atoms with E-state index in [-0.39, 0.29) is 12.3 Å². The van der Waals surface area contributed by atoms with Gasteiger partial charge in [-0.05, 0) is 65.2 Å². The van der Waals surface area contributed by atoms with Gasteiger partial charge in [0.15, 0.2) is 0 Å². The van der Waals surface area contributed by atoms with E-state index in [1.54, 1.807) is 42.6 Å². The summed E-state index contributed by atoms with van der Waals surface area (Å²) < 4.78 is 5.40. The molecule has 0 spiro atoms. The average Bonchev–Trinajstić information content (AvgIpc) is 2.80. The maximum atomic E-state index is 12.3. The molecular weight excluding hydrogens is 400 g/mol. The molecule has 5 heteroatoms. The Morgan fingerprint density at radius 3 is 2.47 bits per heavy atom. The summed E-state index contributed by atoms with van der Waals surface area (Å²) in [6.45, 7) is 1.92. The predicted octanol–water partition coefficient (Wildman–Crippen LogP) is 5.06. The van der Waals surface area contributed by atoms with Crippen LogP contribution in [0.2, 0.25) is 0 Å². The van der Waals surface area contributed by atoms with Crippen LogP contribution in [0.5, 0.6) is 5.75 Å². The minimum atomic E-state index is -0.407. The van der Waals surface area contributed by atoms with Gasteiger partial charge < -0.3 is 4.74 Å². The number of hydrazone groups is 1. The molecule has 0 radical (unpaired) electrons. The lowest BCUT2D eigenvalue weighted by Crippen LogP contribution is -2.19. The van der Waals surface area contributed by atoms with E-state index in [1.165, 1.54) is 0 Å². The van der Waals surface area contributed by atoms with E-state index in [1.807, 2.05) is 61.5 Å². The van der Waals surface area contributed by atoms with Crippen molar-refractivity contribution in [2.75, 3.05) is 0 Å². The van der Waals surface area contributed by atoms with E-state index in [0.717, 1.165) is 27.5 Å². The highest BCUT2D eigenvalue weighted by molar-refractivity contribution is 5.92. The average molecular weight is 422 g/mol. The number of esters is 1. The molecule has 0 aromatic heterocycles. The van der Waals surface area contributed by atoms with Crippen LogP contribution in [0.15, 0.2) is 96.1 Å². The Kier molecular flexibility index (Phi) is 6.37. The molecule has 0 aliphatic heterocycles. The molecule has 0 atom stereocenters. The van der Waals surface area contributed by atoms with E-state index in [0.29, 0.717) is 11.3 Å². The molecule has 4 aromatic rings. The van der Waals surface area contributed by atoms with Crippen molar-refractivity contribution in [2.45, 2.75) is 13.3 Å². The first kappa shape index (κ1) is 21.0. The molecule has 4 aromatic carbocycles. The third-order valence-electron chi connectivity index (χ3n) is 4.98. The van der Waals surface area contributed by atoms with E-state index in [9.17, 15) is 9.59 Å². The van der Waals surface area contributed by atoms with Crippen LogP contribution < -0.4 is 10.2 Å². The van der Waals surface area contributed by atoms with Gasteiger partial charge in [0.25, 0.3) is 0 Å². The maximum Gasteiger partial charge on any atom is 0.343 e. The second-order valence-corrected chi connectivity index (χ2v) is 7.44. The highest BCUT2D eigenvalue weighted by atomic mass is 16.5. The number of carbonyl (C=O) groups is 2. The molecule has 0 fully saturated rings. The fraction of sp³-hybridized carbons (Fsp3) is 0.0741. The fourth-order valence-electron chi connectivity index (χ4n) is 3.40. The fourth-order valence-corrected chi connectivity index (χ4v) is 3.40. The highest BCUT2D eigenvalue weighted by Gasteiger charge is 2.09. The largest absolute Gasteiger partial charge is 0.423 e. The standard InChI is InChI=1S/C27H22N2O3/c1-19-6-4-10-23(16-19)27(31)32-24-14-12-20(13-15-24)18-28-29-26(30)17-22-9-5-8-21-7-2-3-11-25(21)22/h2-16,18H,17H2,1H3,(H,29,30)/b28-18+. The van der Waals surface area contributed by atoms with Crippen LogP contribution >= 0.6 is 0 Å². The molecule has 1 amide bonds. The number of nitrogens with one attached hydrogen (secondary N) is 1. The van der Waals surface area contributed by atoms with Crippen LogP contribution in [-0.4, -0.2) is 18.1 Å². The van der Waals surface area contributed by atoms with Gasteiger partial charge in [-0.15, -0.1) is 0 Å². The van der Waals surface area contributed by atoms with Crippen LogP contribution in [0.1, 0.15) is 27.0 Å². The summed E-state index contributed by atoms with van der Waals surface area (Å²) in [5.74, 6) is -0.161. The third kappa shape index (κ3) is 5.26. The molecule has 158 valence electrons. The number of nitrogens with zero attached hydrogens (tertiary/aromatic N) is 1. The molecular formula is C27H22N2O3. The van der Waals surface area contributed by atoms with Crippen molar-refractivity contribution in [3.8, 4) is 5.75 Å². The lowest BCUT2D eigenvalue weighted by molar-refractivity contribution is -0.120. The Balaban J connectivity index is 1.32. The minimum Gasteiger partial charge on any atom is -0.423 e. The van der Waals surface area contributed by atoms with Gasteiger partial charge in [-0.2, -0.15) is 5.10 Å². The van der Waals surface area contributed by atoms with Crippen molar-refractivity contribution >= 4 is 28.9 Å². The third-order valence-corrected chi connectivity index (χ3v) is 4.98. The second kappa shape index (κ2) is 9.71. The van der Waals surface area contributed by atoms with Gasteiger partial charge in [0.05, 0.1) is 18.2 Å². The first-order valence-electron chi connectivity index (χ1n) is 10.3. The van der Waals surface area contributed by atoms with Crippen LogP contribution in [-0.2, 0) is 11.2 Å². The normalized spacial score (nSPS) is 10.9. The van der Waals surface area contributed by atoms with Gasteiger partial charge >= 0.3 is 5.97 Å². The number of amides is 1. The van der Waals surface area contributed by atoms with E-state index in [4.69, 9.17) is 4.74 Å². The van der Waals surface area contributed by atoms with Gasteiger partial charge in [-0.25, -0.2) is 10.2 Å². The van der Waals surface area contributed by atoms with Gasteiger partial charge in [0.1, 0.15) is 5.75 Å². The number of aryl methyl sites for hydroxylation is 1. The molecule has 5 nitrogen and oxygen atoms in total. The van der Waals surface area contributed by atoms with Crippen LogP contribution in [0.25, 0.3) is 10.8 Å². The molecule has 0 saturated heterocycles. The number of hydrogen-bond acceptors (Lipinski definition) is 4. The Morgan fingerprint density at radius 1 is 0.906 bits per heavy atom. The van der Waals surface area contributed by atoms with Gasteiger partial charge in [0, 0.05) is 0 Å². The first-order chi connectivity index (χ1) is 15.6. The highest BCUT2D eigenvalue weighted by Crippen LogP contribution is 2.19. The molecule has 0 aliphatic rings. The zero-order valence-corrected chi connectivity index (χ0v) is 17.6. The van der Waals surface area contributed by atoms with Gasteiger partial charge in [-0.3, -0.25) is 4.79 Å². The molecule has 0 heterocycles. The van der Waals surface area contributed by atoms with E-state index in [2.05, 4.69) is 10.5 Å². The van der Waals surface area contributed by atoms with Gasteiger partial charge in [0.2, 0.25) is 5.91 Å². The van der Waals surface area contributed by atoms with Crippen molar-refractivity contribution in [1.82, 2.24) is 5.43 Å². The second-order valence-electron chi connectivity index (χ2n) is 7.44. The summed E-state index contributed by atoms with van der Waals surface area (Å²) in [4.78, 5) is 24.5. The minimum absolute atomic E-state index is 0.193. The Morgan fingerprint density at radius 2 is 1.66 bits per heavy atom. The zero-order valence-electron chi connectivity index (χ0n) is 17.6. The zero-order chi connectivity index (χ0) is 22.3. The summed E-state index contributed by atoms with van der Waals surface area (Å²) in [6.07, 6.45) is 1.79. The summed E-state index contributed by atoms with van der Waals surface area (Å²) in [6, 6.07) is 28.0. The van der Waals surface area contributed by atoms with Crippen molar-refractivity contribution in [3.63, 3.8) is 0 Å². The van der Waals surface area contributed by atoms with Crippen LogP contribution in [0, 0.1) is 6.92 Å². The smallest absolute Gasteiger partial charge is 0.343 e. The summed E-state index contributed by atoms with van der Waals surface area (Å²) in [5.41, 5.74) is 5.78. The van der Waals surface area contributed by atoms with E-state index >= 15 is 0 Å². The monoisotopic (exact) mass is 422 g/mol. The number of ether oxygens (including phenoxy) is 1. The maximum absolute atomic E-state index is 12.3. The summed E-state index contributed by atoms with van der Waals surface area (Å²) >= 11 is 0. The first-order valence-corrected chi connectivity index (χ1v) is 10.3. The SMILES string of the molecule is Cc1cccc(C(=O)Oc2ccc(/C=N/NC(=O)Cc3cccc4ccccc34)cc2)c1. The molecule has 0 aliphatic carbocycles. The molecule has 1 N–H and O–H groups in total. The summed E-state index contributed by atoms with van der Waals surface area (Å²) in [5, 5.41) is 6.19. The molecule has 4 rings (SSSR count). The molecule has 0 unspecified atom stereocenters. The van der Waals surface area contributed by atoms with Crippen LogP contribution in [0.3, 0.4) is 0 Å². The lowest BCUT2D eigenvalue weighted by Gasteiger charge is -2.06. The van der Waals surface area contributed by atoms with E-state index < -0.39 is 5.97 Å². The van der Waals surface area contributed by atoms with Crippen molar-refractivity contribution in [3.05, 3.63) is 113 Å². The quantitative estimate of drug-likeness (QED) is 0.204. The van der Waals surface area contributed by atoms with Crippen molar-refractivity contribution in [2.24, 2.45) is 5.10 Å². The lowest BCUT2D eigenvalue weighted by atomic mass is 10.0. The Labute approximate surface area is 186 Å². The number of fused-ring (bicyclic) bond motifs is 1. The Hall–Kier alpha value is -4.25. The number of benzene rings is 4. The molecule has 32 heavy (non-hydrogen) atoms. The number of carbonyl (C=O) groups excluding carboxylic acids is 2. The van der Waals surface area contributed by atoms with Crippen molar-refractivity contribution in [1.29, 1.82) is 0 Å². The number of hydrogen-bond donors (Lipinski definition) is 1. The summed E-state index contributed by atoms with van der Waals surface area (Å²) in [7, 11) is 0. The van der Waals surface area contributed by atoms with Gasteiger partial charge in [-0.1, -0.05) is 60.2 Å². The topological polar surface area (TPSA) is 67.8 Å².